The quantitative estimate of drug-likeness (QED) is 0.807. The van der Waals surface area contributed by atoms with Crippen molar-refractivity contribution < 1.29 is 17.9 Å². The third kappa shape index (κ3) is 4.15. The van der Waals surface area contributed by atoms with Gasteiger partial charge in [-0.15, -0.1) is 0 Å². The Labute approximate surface area is 139 Å². The molecule has 0 radical (unpaired) electrons. The minimum absolute atomic E-state index is 0.0310. The van der Waals surface area contributed by atoms with E-state index in [1.807, 2.05) is 18.7 Å². The number of halogens is 3. The molecule has 2 aliphatic rings. The maximum Gasteiger partial charge on any atom is 0.416 e. The fourth-order valence-corrected chi connectivity index (χ4v) is 4.60. The van der Waals surface area contributed by atoms with E-state index in [1.165, 1.54) is 36.5 Å². The van der Waals surface area contributed by atoms with Gasteiger partial charge < -0.3 is 4.74 Å². The van der Waals surface area contributed by atoms with Crippen molar-refractivity contribution >= 4 is 11.8 Å². The first-order chi connectivity index (χ1) is 10.9. The van der Waals surface area contributed by atoms with E-state index in [-0.39, 0.29) is 6.10 Å². The highest BCUT2D eigenvalue weighted by Crippen LogP contribution is 2.45. The summed E-state index contributed by atoms with van der Waals surface area (Å²) in [5, 5.41) is 0. The number of thioether (sulfide) groups is 1. The van der Waals surface area contributed by atoms with Gasteiger partial charge in [0.1, 0.15) is 11.9 Å². The van der Waals surface area contributed by atoms with E-state index in [4.69, 9.17) is 4.74 Å². The van der Waals surface area contributed by atoms with Crippen LogP contribution in [0.1, 0.15) is 25.3 Å². The summed E-state index contributed by atoms with van der Waals surface area (Å²) in [7, 11) is 0. The first-order valence-electron chi connectivity index (χ1n) is 8.00. The Morgan fingerprint density at radius 3 is 2.26 bits per heavy atom. The summed E-state index contributed by atoms with van der Waals surface area (Å²) >= 11 is 2.04. The van der Waals surface area contributed by atoms with Gasteiger partial charge in [-0.2, -0.15) is 24.9 Å². The van der Waals surface area contributed by atoms with E-state index in [9.17, 15) is 13.2 Å². The Hall–Kier alpha value is -0.880. The molecule has 1 aromatic carbocycles. The van der Waals surface area contributed by atoms with Crippen LogP contribution in [0.4, 0.5) is 13.2 Å². The SMILES string of the molecule is C[C@H](CN1CCC2(CC1)CSC2)Oc1ccc(C(F)(F)F)cc1. The van der Waals surface area contributed by atoms with E-state index in [2.05, 4.69) is 4.90 Å². The third-order valence-electron chi connectivity index (χ3n) is 4.77. The predicted octanol–water partition coefficient (Wildman–Crippen LogP) is 4.30. The molecular formula is C17H22F3NOS. The molecule has 128 valence electrons. The third-order valence-corrected chi connectivity index (χ3v) is 6.40. The maximum absolute atomic E-state index is 12.5. The Balaban J connectivity index is 1.46. The van der Waals surface area contributed by atoms with Crippen molar-refractivity contribution in [3.8, 4) is 5.75 Å². The van der Waals surface area contributed by atoms with Crippen molar-refractivity contribution in [3.63, 3.8) is 0 Å². The Bertz CT molecular complexity index is 518. The molecular weight excluding hydrogens is 323 g/mol. The van der Waals surface area contributed by atoms with E-state index in [1.54, 1.807) is 0 Å². The number of hydrogen-bond acceptors (Lipinski definition) is 3. The van der Waals surface area contributed by atoms with Crippen molar-refractivity contribution in [2.75, 3.05) is 31.1 Å². The minimum atomic E-state index is -4.30. The fraction of sp³-hybridized carbons (Fsp3) is 0.647. The number of benzene rings is 1. The van der Waals surface area contributed by atoms with Crippen LogP contribution in [-0.4, -0.2) is 42.1 Å². The highest BCUT2D eigenvalue weighted by Gasteiger charge is 2.40. The zero-order valence-electron chi connectivity index (χ0n) is 13.2. The van der Waals surface area contributed by atoms with Crippen molar-refractivity contribution in [2.24, 2.45) is 5.41 Å². The van der Waals surface area contributed by atoms with Crippen LogP contribution in [0.15, 0.2) is 24.3 Å². The van der Waals surface area contributed by atoms with Gasteiger partial charge in [0.25, 0.3) is 0 Å². The van der Waals surface area contributed by atoms with Gasteiger partial charge in [0.15, 0.2) is 0 Å². The van der Waals surface area contributed by atoms with Gasteiger partial charge in [0.2, 0.25) is 0 Å². The van der Waals surface area contributed by atoms with Gasteiger partial charge in [0, 0.05) is 6.54 Å². The van der Waals surface area contributed by atoms with Gasteiger partial charge in [-0.1, -0.05) is 0 Å². The average molecular weight is 345 g/mol. The second-order valence-corrected chi connectivity index (χ2v) is 7.73. The number of ether oxygens (including phenoxy) is 1. The number of nitrogens with zero attached hydrogens (tertiary/aromatic N) is 1. The Morgan fingerprint density at radius 2 is 1.78 bits per heavy atom. The fourth-order valence-electron chi connectivity index (χ4n) is 3.25. The molecule has 0 bridgehead atoms. The Kier molecular flexibility index (Phi) is 4.83. The molecule has 3 rings (SSSR count). The average Bonchev–Trinajstić information content (AvgIpc) is 2.46. The summed E-state index contributed by atoms with van der Waals surface area (Å²) in [4.78, 5) is 2.41. The lowest BCUT2D eigenvalue weighted by atomic mass is 9.81. The molecule has 0 saturated carbocycles. The minimum Gasteiger partial charge on any atom is -0.489 e. The van der Waals surface area contributed by atoms with Gasteiger partial charge in [-0.05, 0) is 74.0 Å². The monoisotopic (exact) mass is 345 g/mol. The second kappa shape index (κ2) is 6.55. The highest BCUT2D eigenvalue weighted by atomic mass is 32.2. The molecule has 23 heavy (non-hydrogen) atoms. The number of hydrogen-bond donors (Lipinski definition) is 0. The first-order valence-corrected chi connectivity index (χ1v) is 9.16. The van der Waals surface area contributed by atoms with E-state index < -0.39 is 11.7 Å². The maximum atomic E-state index is 12.5. The topological polar surface area (TPSA) is 12.5 Å². The summed E-state index contributed by atoms with van der Waals surface area (Å²) in [5.74, 6) is 3.10. The van der Waals surface area contributed by atoms with Gasteiger partial charge >= 0.3 is 6.18 Å². The van der Waals surface area contributed by atoms with Gasteiger partial charge in [-0.25, -0.2) is 0 Å². The lowest BCUT2D eigenvalue weighted by molar-refractivity contribution is -0.137. The van der Waals surface area contributed by atoms with Crippen LogP contribution in [-0.2, 0) is 6.18 Å². The van der Waals surface area contributed by atoms with Crippen LogP contribution in [0.25, 0.3) is 0 Å². The van der Waals surface area contributed by atoms with Crippen molar-refractivity contribution in [3.05, 3.63) is 29.8 Å². The standard InChI is InChI=1S/C17H22F3NOS/c1-13(10-21-8-6-16(7-9-21)11-23-12-16)22-15-4-2-14(3-5-15)17(18,19)20/h2-5,13H,6-12H2,1H3/t13-/m1/s1. The van der Waals surface area contributed by atoms with Crippen LogP contribution in [0.3, 0.4) is 0 Å². The first kappa shape index (κ1) is 17.0. The number of likely N-dealkylation sites (tertiary alicyclic amines) is 1. The molecule has 1 atom stereocenters. The van der Waals surface area contributed by atoms with Crippen molar-refractivity contribution in [1.82, 2.24) is 4.90 Å². The Morgan fingerprint density at radius 1 is 1.17 bits per heavy atom. The van der Waals surface area contributed by atoms with E-state index >= 15 is 0 Å². The van der Waals surface area contributed by atoms with Crippen molar-refractivity contribution in [1.29, 1.82) is 0 Å². The van der Waals surface area contributed by atoms with Crippen LogP contribution in [0.2, 0.25) is 0 Å². The summed E-state index contributed by atoms with van der Waals surface area (Å²) in [6, 6.07) is 4.94. The lowest BCUT2D eigenvalue weighted by Crippen LogP contribution is -2.48. The molecule has 2 nitrogen and oxygen atoms in total. The zero-order valence-corrected chi connectivity index (χ0v) is 14.1. The van der Waals surface area contributed by atoms with Crippen molar-refractivity contribution in [2.45, 2.75) is 32.0 Å². The summed E-state index contributed by atoms with van der Waals surface area (Å²) in [6.45, 7) is 4.99. The van der Waals surface area contributed by atoms with Crippen LogP contribution >= 0.6 is 11.8 Å². The number of alkyl halides is 3. The molecule has 2 aliphatic heterocycles. The van der Waals surface area contributed by atoms with Gasteiger partial charge in [-0.3, -0.25) is 4.90 Å². The molecule has 0 N–H and O–H groups in total. The molecule has 1 aromatic rings. The van der Waals surface area contributed by atoms with Crippen LogP contribution in [0, 0.1) is 5.41 Å². The molecule has 2 saturated heterocycles. The normalized spacial score (nSPS) is 22.6. The zero-order chi connectivity index (χ0) is 16.5. The molecule has 0 unspecified atom stereocenters. The highest BCUT2D eigenvalue weighted by molar-refractivity contribution is 8.00. The smallest absolute Gasteiger partial charge is 0.416 e. The number of rotatable bonds is 4. The summed E-state index contributed by atoms with van der Waals surface area (Å²) < 4.78 is 43.4. The predicted molar refractivity (Wildman–Crippen MR) is 87.0 cm³/mol. The van der Waals surface area contributed by atoms with E-state index in [0.717, 1.165) is 31.8 Å². The molecule has 0 amide bonds. The van der Waals surface area contributed by atoms with Crippen LogP contribution in [0.5, 0.6) is 5.75 Å². The van der Waals surface area contributed by atoms with Crippen LogP contribution < -0.4 is 4.74 Å². The molecule has 1 spiro atoms. The molecule has 6 heteroatoms. The molecule has 2 heterocycles. The van der Waals surface area contributed by atoms with Gasteiger partial charge in [0.05, 0.1) is 5.56 Å². The molecule has 0 aromatic heterocycles. The van der Waals surface area contributed by atoms with E-state index in [0.29, 0.717) is 11.2 Å². The number of piperidine rings is 1. The summed E-state index contributed by atoms with van der Waals surface area (Å²) in [5.41, 5.74) is -0.0456. The molecule has 2 fully saturated rings. The lowest BCUT2D eigenvalue weighted by Gasteiger charge is -2.47. The largest absolute Gasteiger partial charge is 0.489 e. The molecule has 0 aliphatic carbocycles. The summed E-state index contributed by atoms with van der Waals surface area (Å²) in [6.07, 6.45) is -1.81. The second-order valence-electron chi connectivity index (χ2n) is 6.74.